The van der Waals surface area contributed by atoms with Crippen molar-refractivity contribution < 1.29 is 4.79 Å². The summed E-state index contributed by atoms with van der Waals surface area (Å²) in [5, 5.41) is 2.71. The number of carbonyl (C=O) groups excluding carboxylic acids is 1. The van der Waals surface area contributed by atoms with Gasteiger partial charge in [-0.15, -0.1) is 0 Å². The SMILES string of the molecule is CNC(=O)[C@H]1CC12CCC2. The molecule has 0 aliphatic heterocycles. The highest BCUT2D eigenvalue weighted by molar-refractivity contribution is 5.82. The van der Waals surface area contributed by atoms with E-state index in [0.29, 0.717) is 11.3 Å². The molecule has 0 radical (unpaired) electrons. The molecule has 1 N–H and O–H groups in total. The predicted octanol–water partition coefficient (Wildman–Crippen LogP) is 0.923. The molecule has 0 aromatic carbocycles. The van der Waals surface area contributed by atoms with Crippen LogP contribution in [-0.4, -0.2) is 13.0 Å². The Morgan fingerprint density at radius 1 is 1.60 bits per heavy atom. The summed E-state index contributed by atoms with van der Waals surface area (Å²) in [6, 6.07) is 0. The van der Waals surface area contributed by atoms with E-state index in [1.54, 1.807) is 7.05 Å². The van der Waals surface area contributed by atoms with Crippen LogP contribution in [0, 0.1) is 11.3 Å². The van der Waals surface area contributed by atoms with Crippen LogP contribution in [0.15, 0.2) is 0 Å². The van der Waals surface area contributed by atoms with E-state index in [2.05, 4.69) is 5.32 Å². The van der Waals surface area contributed by atoms with E-state index in [4.69, 9.17) is 0 Å². The molecule has 0 unspecified atom stereocenters. The summed E-state index contributed by atoms with van der Waals surface area (Å²) in [4.78, 5) is 11.1. The first-order valence-corrected chi connectivity index (χ1v) is 4.00. The summed E-state index contributed by atoms with van der Waals surface area (Å²) in [5.41, 5.74) is 0.500. The maximum Gasteiger partial charge on any atom is 0.223 e. The first-order valence-electron chi connectivity index (χ1n) is 4.00. The Morgan fingerprint density at radius 2 is 2.30 bits per heavy atom. The first-order chi connectivity index (χ1) is 4.78. The molecule has 1 spiro atoms. The third kappa shape index (κ3) is 0.619. The van der Waals surface area contributed by atoms with Crippen LogP contribution in [0.4, 0.5) is 0 Å². The van der Waals surface area contributed by atoms with E-state index in [0.717, 1.165) is 6.42 Å². The second-order valence-corrected chi connectivity index (χ2v) is 3.59. The average molecular weight is 139 g/mol. The molecule has 0 aromatic heterocycles. The van der Waals surface area contributed by atoms with Gasteiger partial charge in [-0.05, 0) is 24.7 Å². The molecule has 2 rings (SSSR count). The Kier molecular flexibility index (Phi) is 1.08. The Hall–Kier alpha value is -0.530. The lowest BCUT2D eigenvalue weighted by molar-refractivity contribution is -0.123. The fourth-order valence-electron chi connectivity index (χ4n) is 2.08. The molecule has 2 fully saturated rings. The zero-order valence-corrected chi connectivity index (χ0v) is 6.31. The maximum absolute atomic E-state index is 11.1. The van der Waals surface area contributed by atoms with E-state index in [1.807, 2.05) is 0 Å². The number of nitrogens with one attached hydrogen (secondary N) is 1. The molecule has 2 saturated carbocycles. The molecule has 56 valence electrons. The van der Waals surface area contributed by atoms with Gasteiger partial charge in [0.05, 0.1) is 0 Å². The summed E-state index contributed by atoms with van der Waals surface area (Å²) in [6.45, 7) is 0. The van der Waals surface area contributed by atoms with Gasteiger partial charge in [0.25, 0.3) is 0 Å². The standard InChI is InChI=1S/C8H13NO/c1-9-7(10)6-5-8(6)3-2-4-8/h6H,2-5H2,1H3,(H,9,10)/t6-/m1/s1. The van der Waals surface area contributed by atoms with Crippen molar-refractivity contribution in [1.29, 1.82) is 0 Å². The number of carbonyl (C=O) groups is 1. The minimum atomic E-state index is 0.264. The monoisotopic (exact) mass is 139 g/mol. The van der Waals surface area contributed by atoms with Crippen LogP contribution in [-0.2, 0) is 4.79 Å². The molecule has 2 aliphatic carbocycles. The van der Waals surface area contributed by atoms with E-state index in [-0.39, 0.29) is 5.91 Å². The van der Waals surface area contributed by atoms with E-state index < -0.39 is 0 Å². The molecular weight excluding hydrogens is 126 g/mol. The van der Waals surface area contributed by atoms with Gasteiger partial charge in [0, 0.05) is 13.0 Å². The molecule has 1 atom stereocenters. The van der Waals surface area contributed by atoms with Gasteiger partial charge < -0.3 is 5.32 Å². The Balaban J connectivity index is 1.94. The highest BCUT2D eigenvalue weighted by atomic mass is 16.2. The molecule has 1 amide bonds. The van der Waals surface area contributed by atoms with Crippen LogP contribution in [0.1, 0.15) is 25.7 Å². The zero-order chi connectivity index (χ0) is 7.19. The summed E-state index contributed by atoms with van der Waals surface area (Å²) in [7, 11) is 1.73. The number of hydrogen-bond donors (Lipinski definition) is 1. The van der Waals surface area contributed by atoms with Crippen LogP contribution in [0.5, 0.6) is 0 Å². The lowest BCUT2D eigenvalue weighted by atomic mass is 9.80. The van der Waals surface area contributed by atoms with Gasteiger partial charge in [-0.3, -0.25) is 4.79 Å². The highest BCUT2D eigenvalue weighted by Crippen LogP contribution is 2.65. The van der Waals surface area contributed by atoms with Gasteiger partial charge in [0.2, 0.25) is 5.91 Å². The second-order valence-electron chi connectivity index (χ2n) is 3.59. The maximum atomic E-state index is 11.1. The van der Waals surface area contributed by atoms with E-state index >= 15 is 0 Å². The fraction of sp³-hybridized carbons (Fsp3) is 0.875. The lowest BCUT2D eigenvalue weighted by Crippen LogP contribution is -2.26. The summed E-state index contributed by atoms with van der Waals surface area (Å²) in [6.07, 6.45) is 5.09. The van der Waals surface area contributed by atoms with Gasteiger partial charge in [-0.2, -0.15) is 0 Å². The smallest absolute Gasteiger partial charge is 0.223 e. The van der Waals surface area contributed by atoms with Crippen LogP contribution in [0.3, 0.4) is 0 Å². The van der Waals surface area contributed by atoms with Crippen LogP contribution in [0.2, 0.25) is 0 Å². The van der Waals surface area contributed by atoms with Gasteiger partial charge in [-0.25, -0.2) is 0 Å². The molecular formula is C8H13NO. The van der Waals surface area contributed by atoms with Gasteiger partial charge in [0.1, 0.15) is 0 Å². The van der Waals surface area contributed by atoms with Crippen LogP contribution in [0.25, 0.3) is 0 Å². The lowest BCUT2D eigenvalue weighted by Gasteiger charge is -2.25. The summed E-state index contributed by atoms with van der Waals surface area (Å²) in [5.74, 6) is 0.644. The highest BCUT2D eigenvalue weighted by Gasteiger charge is 2.60. The van der Waals surface area contributed by atoms with Gasteiger partial charge >= 0.3 is 0 Å². The van der Waals surface area contributed by atoms with E-state index in [1.165, 1.54) is 19.3 Å². The second kappa shape index (κ2) is 1.74. The third-order valence-corrected chi connectivity index (χ3v) is 3.10. The predicted molar refractivity (Wildman–Crippen MR) is 38.5 cm³/mol. The van der Waals surface area contributed by atoms with Crippen molar-refractivity contribution >= 4 is 5.91 Å². The Morgan fingerprint density at radius 3 is 2.60 bits per heavy atom. The molecule has 10 heavy (non-hydrogen) atoms. The normalized spacial score (nSPS) is 33.1. The van der Waals surface area contributed by atoms with Crippen molar-refractivity contribution in [3.05, 3.63) is 0 Å². The first kappa shape index (κ1) is 6.20. The van der Waals surface area contributed by atoms with Gasteiger partial charge in [0.15, 0.2) is 0 Å². The van der Waals surface area contributed by atoms with Crippen molar-refractivity contribution in [2.24, 2.45) is 11.3 Å². The molecule has 0 heterocycles. The van der Waals surface area contributed by atoms with Crippen molar-refractivity contribution in [2.45, 2.75) is 25.7 Å². The zero-order valence-electron chi connectivity index (χ0n) is 6.31. The van der Waals surface area contributed by atoms with Gasteiger partial charge in [-0.1, -0.05) is 6.42 Å². The number of rotatable bonds is 1. The summed E-state index contributed by atoms with van der Waals surface area (Å²) < 4.78 is 0. The minimum Gasteiger partial charge on any atom is -0.359 e. The topological polar surface area (TPSA) is 29.1 Å². The number of hydrogen-bond acceptors (Lipinski definition) is 1. The Bertz CT molecular complexity index is 172. The molecule has 0 aromatic rings. The Labute approximate surface area is 61.0 Å². The largest absolute Gasteiger partial charge is 0.359 e. The fourth-order valence-corrected chi connectivity index (χ4v) is 2.08. The third-order valence-electron chi connectivity index (χ3n) is 3.10. The molecule has 2 aliphatic rings. The number of amides is 1. The van der Waals surface area contributed by atoms with Crippen LogP contribution >= 0.6 is 0 Å². The van der Waals surface area contributed by atoms with Crippen molar-refractivity contribution in [1.82, 2.24) is 5.32 Å². The quantitative estimate of drug-likeness (QED) is 0.575. The van der Waals surface area contributed by atoms with Crippen molar-refractivity contribution in [2.75, 3.05) is 7.05 Å². The van der Waals surface area contributed by atoms with Crippen LogP contribution < -0.4 is 5.32 Å². The van der Waals surface area contributed by atoms with E-state index in [9.17, 15) is 4.79 Å². The summed E-state index contributed by atoms with van der Waals surface area (Å²) >= 11 is 0. The molecule has 2 nitrogen and oxygen atoms in total. The average Bonchev–Trinajstić information content (AvgIpc) is 2.59. The minimum absolute atomic E-state index is 0.264. The van der Waals surface area contributed by atoms with Crippen molar-refractivity contribution in [3.8, 4) is 0 Å². The molecule has 0 bridgehead atoms. The molecule has 0 saturated heterocycles. The molecule has 2 heteroatoms. The van der Waals surface area contributed by atoms with Crippen molar-refractivity contribution in [3.63, 3.8) is 0 Å².